The Morgan fingerprint density at radius 3 is 2.05 bits per heavy atom. The van der Waals surface area contributed by atoms with Crippen LogP contribution in [0.3, 0.4) is 0 Å². The standard InChI is InChI=1S/C34H32N2O5/c1-3-39-33-19-27(18-29(21-35)34(37)36-22-25-10-6-4-7-11-25)14-16-31(33)41-24-28-15-17-30(32(20-28)38-2)40-23-26-12-8-5-9-13-26/h4-20H,3,22-24H2,1-2H3,(H,36,37)/b29-18+. The van der Waals surface area contributed by atoms with Crippen molar-refractivity contribution in [3.63, 3.8) is 0 Å². The van der Waals surface area contributed by atoms with Gasteiger partial charge in [0.25, 0.3) is 5.91 Å². The third-order valence-corrected chi connectivity index (χ3v) is 6.10. The normalized spacial score (nSPS) is 10.8. The first-order valence-electron chi connectivity index (χ1n) is 13.3. The number of nitriles is 1. The maximum atomic E-state index is 12.6. The van der Waals surface area contributed by atoms with Crippen molar-refractivity contribution in [2.45, 2.75) is 26.7 Å². The predicted molar refractivity (Wildman–Crippen MR) is 158 cm³/mol. The molecule has 0 saturated carbocycles. The van der Waals surface area contributed by atoms with Gasteiger partial charge in [-0.25, -0.2) is 0 Å². The predicted octanol–water partition coefficient (Wildman–Crippen LogP) is 6.48. The highest BCUT2D eigenvalue weighted by atomic mass is 16.5. The molecular formula is C34H32N2O5. The minimum atomic E-state index is -0.445. The third kappa shape index (κ3) is 8.38. The van der Waals surface area contributed by atoms with E-state index in [-0.39, 0.29) is 12.2 Å². The van der Waals surface area contributed by atoms with Crippen molar-refractivity contribution >= 4 is 12.0 Å². The number of hydrogen-bond donors (Lipinski definition) is 1. The molecule has 0 unspecified atom stereocenters. The third-order valence-electron chi connectivity index (χ3n) is 6.10. The molecule has 0 atom stereocenters. The number of amides is 1. The van der Waals surface area contributed by atoms with Gasteiger partial charge in [0.2, 0.25) is 0 Å². The van der Waals surface area contributed by atoms with Crippen LogP contribution in [0, 0.1) is 11.3 Å². The van der Waals surface area contributed by atoms with Gasteiger partial charge >= 0.3 is 0 Å². The van der Waals surface area contributed by atoms with Gasteiger partial charge in [0.05, 0.1) is 13.7 Å². The number of carbonyl (C=O) groups is 1. The Morgan fingerprint density at radius 2 is 1.39 bits per heavy atom. The molecule has 7 heteroatoms. The minimum absolute atomic E-state index is 0.00119. The molecule has 0 aliphatic heterocycles. The lowest BCUT2D eigenvalue weighted by molar-refractivity contribution is -0.117. The molecule has 208 valence electrons. The molecule has 0 fully saturated rings. The van der Waals surface area contributed by atoms with E-state index in [0.29, 0.717) is 48.3 Å². The lowest BCUT2D eigenvalue weighted by atomic mass is 10.1. The van der Waals surface area contributed by atoms with Gasteiger partial charge in [0, 0.05) is 6.54 Å². The second kappa shape index (κ2) is 14.8. The molecule has 0 saturated heterocycles. The highest BCUT2D eigenvalue weighted by Gasteiger charge is 2.12. The molecule has 0 bridgehead atoms. The average Bonchev–Trinajstić information content (AvgIpc) is 3.02. The van der Waals surface area contributed by atoms with Gasteiger partial charge < -0.3 is 24.3 Å². The van der Waals surface area contributed by atoms with E-state index >= 15 is 0 Å². The molecular weight excluding hydrogens is 516 g/mol. The summed E-state index contributed by atoms with van der Waals surface area (Å²) >= 11 is 0. The number of nitrogens with zero attached hydrogens (tertiary/aromatic N) is 1. The fourth-order valence-corrected chi connectivity index (χ4v) is 4.01. The summed E-state index contributed by atoms with van der Waals surface area (Å²) in [6.07, 6.45) is 1.53. The van der Waals surface area contributed by atoms with Gasteiger partial charge in [-0.2, -0.15) is 5.26 Å². The SMILES string of the molecule is CCOc1cc(/C=C(\C#N)C(=O)NCc2ccccc2)ccc1OCc1ccc(OCc2ccccc2)c(OC)c1. The lowest BCUT2D eigenvalue weighted by Crippen LogP contribution is -2.23. The maximum Gasteiger partial charge on any atom is 0.262 e. The first-order chi connectivity index (χ1) is 20.1. The van der Waals surface area contributed by atoms with Crippen molar-refractivity contribution in [1.82, 2.24) is 5.32 Å². The zero-order valence-electron chi connectivity index (χ0n) is 23.1. The van der Waals surface area contributed by atoms with Crippen LogP contribution < -0.4 is 24.3 Å². The van der Waals surface area contributed by atoms with Crippen LogP contribution in [0.1, 0.15) is 29.2 Å². The Kier molecular flexibility index (Phi) is 10.4. The smallest absolute Gasteiger partial charge is 0.262 e. The highest BCUT2D eigenvalue weighted by molar-refractivity contribution is 6.01. The van der Waals surface area contributed by atoms with Crippen molar-refractivity contribution in [2.24, 2.45) is 0 Å². The van der Waals surface area contributed by atoms with Gasteiger partial charge in [-0.1, -0.05) is 72.8 Å². The molecule has 7 nitrogen and oxygen atoms in total. The number of methoxy groups -OCH3 is 1. The van der Waals surface area contributed by atoms with Crippen LogP contribution in [0.5, 0.6) is 23.0 Å². The Hall–Kier alpha value is -5.22. The summed E-state index contributed by atoms with van der Waals surface area (Å²) in [7, 11) is 1.60. The van der Waals surface area contributed by atoms with Gasteiger partial charge in [-0.05, 0) is 59.5 Å². The van der Waals surface area contributed by atoms with E-state index in [0.717, 1.165) is 16.7 Å². The number of ether oxygens (including phenoxy) is 4. The van der Waals surface area contributed by atoms with Crippen LogP contribution in [-0.4, -0.2) is 19.6 Å². The monoisotopic (exact) mass is 548 g/mol. The van der Waals surface area contributed by atoms with Crippen molar-refractivity contribution < 1.29 is 23.7 Å². The van der Waals surface area contributed by atoms with Crippen molar-refractivity contribution in [1.29, 1.82) is 5.26 Å². The van der Waals surface area contributed by atoms with Crippen LogP contribution in [0.4, 0.5) is 0 Å². The topological polar surface area (TPSA) is 89.8 Å². The molecule has 0 radical (unpaired) electrons. The molecule has 4 aromatic carbocycles. The summed E-state index contributed by atoms with van der Waals surface area (Å²) in [5.41, 5.74) is 3.55. The summed E-state index contributed by atoms with van der Waals surface area (Å²) in [4.78, 5) is 12.6. The van der Waals surface area contributed by atoms with Gasteiger partial charge in [0.15, 0.2) is 23.0 Å². The van der Waals surface area contributed by atoms with E-state index < -0.39 is 5.91 Å². The Bertz CT molecular complexity index is 1510. The Morgan fingerprint density at radius 1 is 0.756 bits per heavy atom. The quantitative estimate of drug-likeness (QED) is 0.152. The number of hydrogen-bond acceptors (Lipinski definition) is 6. The Labute approximate surface area is 240 Å². The second-order valence-electron chi connectivity index (χ2n) is 9.03. The summed E-state index contributed by atoms with van der Waals surface area (Å²) in [6.45, 7) is 3.35. The number of nitrogens with one attached hydrogen (secondary N) is 1. The second-order valence-corrected chi connectivity index (χ2v) is 9.03. The summed E-state index contributed by atoms with van der Waals surface area (Å²) in [6, 6.07) is 32.4. The number of benzene rings is 4. The van der Waals surface area contributed by atoms with Crippen molar-refractivity contribution in [3.8, 4) is 29.1 Å². The van der Waals surface area contributed by atoms with Crippen LogP contribution >= 0.6 is 0 Å². The zero-order valence-corrected chi connectivity index (χ0v) is 23.1. The summed E-state index contributed by atoms with van der Waals surface area (Å²) in [5.74, 6) is 1.87. The molecule has 0 aliphatic rings. The van der Waals surface area contributed by atoms with Crippen molar-refractivity contribution in [2.75, 3.05) is 13.7 Å². The molecule has 1 N–H and O–H groups in total. The van der Waals surface area contributed by atoms with Crippen LogP contribution in [0.2, 0.25) is 0 Å². The lowest BCUT2D eigenvalue weighted by Gasteiger charge is -2.15. The minimum Gasteiger partial charge on any atom is -0.493 e. The van der Waals surface area contributed by atoms with E-state index in [9.17, 15) is 10.1 Å². The summed E-state index contributed by atoms with van der Waals surface area (Å²) in [5, 5.41) is 12.4. The average molecular weight is 549 g/mol. The fourth-order valence-electron chi connectivity index (χ4n) is 4.01. The first-order valence-corrected chi connectivity index (χ1v) is 13.3. The van der Waals surface area contributed by atoms with E-state index in [2.05, 4.69) is 5.32 Å². The highest BCUT2D eigenvalue weighted by Crippen LogP contribution is 2.32. The van der Waals surface area contributed by atoms with E-state index in [1.54, 1.807) is 25.3 Å². The first kappa shape index (κ1) is 28.8. The number of carbonyl (C=O) groups excluding carboxylic acids is 1. The van der Waals surface area contributed by atoms with E-state index in [1.165, 1.54) is 6.08 Å². The van der Waals surface area contributed by atoms with Crippen LogP contribution in [0.15, 0.2) is 103 Å². The summed E-state index contributed by atoms with van der Waals surface area (Å²) < 4.78 is 23.4. The molecule has 4 rings (SSSR count). The molecule has 0 aromatic heterocycles. The molecule has 41 heavy (non-hydrogen) atoms. The number of rotatable bonds is 13. The largest absolute Gasteiger partial charge is 0.493 e. The van der Waals surface area contributed by atoms with Crippen LogP contribution in [0.25, 0.3) is 6.08 Å². The molecule has 0 aliphatic carbocycles. The molecule has 4 aromatic rings. The molecule has 0 spiro atoms. The van der Waals surface area contributed by atoms with Crippen LogP contribution in [-0.2, 0) is 24.6 Å². The van der Waals surface area contributed by atoms with Crippen molar-refractivity contribution in [3.05, 3.63) is 125 Å². The van der Waals surface area contributed by atoms with Gasteiger partial charge in [-0.15, -0.1) is 0 Å². The molecule has 0 heterocycles. The molecule has 1 amide bonds. The fraction of sp³-hybridized carbons (Fsp3) is 0.176. The van der Waals surface area contributed by atoms with Gasteiger partial charge in [-0.3, -0.25) is 4.79 Å². The maximum absolute atomic E-state index is 12.6. The van der Waals surface area contributed by atoms with E-state index in [1.807, 2.05) is 91.9 Å². The Balaban J connectivity index is 1.42. The van der Waals surface area contributed by atoms with Gasteiger partial charge in [0.1, 0.15) is 24.9 Å². The van der Waals surface area contributed by atoms with E-state index in [4.69, 9.17) is 18.9 Å². The zero-order chi connectivity index (χ0) is 28.9.